The molecule has 0 aliphatic rings. The Balaban J connectivity index is 1.80. The Kier molecular flexibility index (Phi) is 6.44. The molecule has 166 valence electrons. The van der Waals surface area contributed by atoms with Gasteiger partial charge in [-0.25, -0.2) is 4.98 Å². The summed E-state index contributed by atoms with van der Waals surface area (Å²) >= 11 is 0. The van der Waals surface area contributed by atoms with E-state index < -0.39 is 23.9 Å². The zero-order chi connectivity index (χ0) is 22.8. The summed E-state index contributed by atoms with van der Waals surface area (Å²) in [6.07, 6.45) is -4.54. The quantitative estimate of drug-likeness (QED) is 0.550. The summed E-state index contributed by atoms with van der Waals surface area (Å²) in [5.41, 5.74) is -0.727. The Morgan fingerprint density at radius 3 is 2.48 bits per heavy atom. The molecular formula is C20H19F5N3O3+. The third-order valence-corrected chi connectivity index (χ3v) is 4.50. The lowest BCUT2D eigenvalue weighted by Gasteiger charge is -2.16. The van der Waals surface area contributed by atoms with Gasteiger partial charge >= 0.3 is 12.8 Å². The van der Waals surface area contributed by atoms with E-state index in [0.717, 1.165) is 28.7 Å². The first-order chi connectivity index (χ1) is 14.6. The molecule has 0 aliphatic heterocycles. The lowest BCUT2D eigenvalue weighted by Crippen LogP contribution is -3.06. The van der Waals surface area contributed by atoms with Gasteiger partial charge in [0.1, 0.15) is 13.1 Å². The topological polar surface area (TPSA) is 68.7 Å². The van der Waals surface area contributed by atoms with Gasteiger partial charge < -0.3 is 19.4 Å². The molecule has 3 aromatic rings. The number of rotatable bonds is 7. The van der Waals surface area contributed by atoms with Crippen LogP contribution in [0.15, 0.2) is 41.2 Å². The summed E-state index contributed by atoms with van der Waals surface area (Å²) in [6, 6.07) is 7.28. The Hall–Kier alpha value is -3.21. The van der Waals surface area contributed by atoms with E-state index in [1.807, 2.05) is 0 Å². The van der Waals surface area contributed by atoms with Crippen molar-refractivity contribution in [2.45, 2.75) is 25.9 Å². The van der Waals surface area contributed by atoms with Crippen LogP contribution in [0, 0.1) is 0 Å². The van der Waals surface area contributed by atoms with Crippen LogP contribution in [0.5, 0.6) is 11.5 Å². The van der Waals surface area contributed by atoms with Crippen molar-refractivity contribution in [1.29, 1.82) is 0 Å². The van der Waals surface area contributed by atoms with Gasteiger partial charge in [0.05, 0.1) is 30.6 Å². The van der Waals surface area contributed by atoms with E-state index in [9.17, 15) is 26.7 Å². The van der Waals surface area contributed by atoms with Crippen LogP contribution in [0.1, 0.15) is 17.0 Å². The number of methoxy groups -OCH3 is 1. The number of ether oxygens (including phenoxy) is 2. The predicted octanol–water partition coefficient (Wildman–Crippen LogP) is 2.77. The number of benzene rings is 2. The van der Waals surface area contributed by atoms with Crippen molar-refractivity contribution in [2.75, 3.05) is 14.2 Å². The first-order valence-corrected chi connectivity index (χ1v) is 9.10. The van der Waals surface area contributed by atoms with Gasteiger partial charge in [0.15, 0.2) is 17.3 Å². The highest BCUT2D eigenvalue weighted by Crippen LogP contribution is 2.30. The van der Waals surface area contributed by atoms with Gasteiger partial charge in [-0.2, -0.15) is 22.0 Å². The number of aromatic amines is 1. The molecule has 31 heavy (non-hydrogen) atoms. The van der Waals surface area contributed by atoms with E-state index >= 15 is 0 Å². The first kappa shape index (κ1) is 22.5. The van der Waals surface area contributed by atoms with Crippen LogP contribution in [-0.4, -0.2) is 30.7 Å². The fourth-order valence-electron chi connectivity index (χ4n) is 3.16. The van der Waals surface area contributed by atoms with E-state index in [2.05, 4.69) is 14.7 Å². The van der Waals surface area contributed by atoms with E-state index in [1.165, 1.54) is 13.2 Å². The highest BCUT2D eigenvalue weighted by molar-refractivity contribution is 5.78. The molecular weight excluding hydrogens is 425 g/mol. The molecule has 1 heterocycles. The zero-order valence-corrected chi connectivity index (χ0v) is 16.5. The highest BCUT2D eigenvalue weighted by atomic mass is 19.4. The van der Waals surface area contributed by atoms with E-state index in [-0.39, 0.29) is 34.8 Å². The van der Waals surface area contributed by atoms with E-state index in [4.69, 9.17) is 4.74 Å². The molecule has 0 aliphatic carbocycles. The van der Waals surface area contributed by atoms with Crippen molar-refractivity contribution in [3.05, 3.63) is 63.7 Å². The third kappa shape index (κ3) is 5.48. The minimum absolute atomic E-state index is 0.0449. The van der Waals surface area contributed by atoms with Gasteiger partial charge in [0.25, 0.3) is 5.56 Å². The maximum atomic E-state index is 13.0. The minimum atomic E-state index is -4.54. The molecule has 0 saturated carbocycles. The number of hydrogen-bond acceptors (Lipinski definition) is 4. The average molecular weight is 444 g/mol. The fraction of sp³-hybridized carbons (Fsp3) is 0.300. The Bertz CT molecular complexity index is 1130. The van der Waals surface area contributed by atoms with Crippen LogP contribution >= 0.6 is 0 Å². The van der Waals surface area contributed by atoms with Crippen molar-refractivity contribution in [3.63, 3.8) is 0 Å². The Morgan fingerprint density at radius 2 is 1.84 bits per heavy atom. The van der Waals surface area contributed by atoms with Crippen molar-refractivity contribution in [2.24, 2.45) is 0 Å². The van der Waals surface area contributed by atoms with Crippen LogP contribution in [0.3, 0.4) is 0 Å². The number of quaternary nitrogens is 1. The molecule has 0 amide bonds. The minimum Gasteiger partial charge on any atom is -0.493 e. The number of alkyl halides is 5. The molecule has 6 nitrogen and oxygen atoms in total. The summed E-state index contributed by atoms with van der Waals surface area (Å²) < 4.78 is 73.2. The van der Waals surface area contributed by atoms with Gasteiger partial charge in [-0.15, -0.1) is 0 Å². The van der Waals surface area contributed by atoms with Gasteiger partial charge in [-0.3, -0.25) is 4.79 Å². The van der Waals surface area contributed by atoms with Gasteiger partial charge in [0.2, 0.25) is 0 Å². The molecule has 2 N–H and O–H groups in total. The number of halogens is 5. The largest absolute Gasteiger partial charge is 0.493 e. The molecule has 0 radical (unpaired) electrons. The maximum Gasteiger partial charge on any atom is 0.416 e. The highest BCUT2D eigenvalue weighted by Gasteiger charge is 2.30. The molecule has 11 heteroatoms. The standard InChI is InChI=1S/C20H18F5N3O3/c1-28(9-11-3-6-15(31-19(21)22)16(7-11)30-2)10-17-26-14-8-12(20(23,24)25)4-5-13(14)18(29)27-17/h3-8,19H,9-10H2,1-2H3,(H,26,27,29)/p+1. The predicted molar refractivity (Wildman–Crippen MR) is 101 cm³/mol. The number of aromatic nitrogens is 2. The normalized spacial score (nSPS) is 12.9. The number of nitrogens with zero attached hydrogens (tertiary/aromatic N) is 1. The van der Waals surface area contributed by atoms with Crippen LogP contribution in [0.2, 0.25) is 0 Å². The summed E-state index contributed by atoms with van der Waals surface area (Å²) in [4.78, 5) is 19.8. The smallest absolute Gasteiger partial charge is 0.416 e. The molecule has 0 spiro atoms. The lowest BCUT2D eigenvalue weighted by molar-refractivity contribution is -0.908. The molecule has 0 fully saturated rings. The monoisotopic (exact) mass is 444 g/mol. The second-order valence-electron chi connectivity index (χ2n) is 6.92. The molecule has 1 unspecified atom stereocenters. The van der Waals surface area contributed by atoms with Gasteiger partial charge in [0, 0.05) is 5.56 Å². The summed E-state index contributed by atoms with van der Waals surface area (Å²) in [5, 5.41) is 0.0637. The molecule has 1 aromatic heterocycles. The number of nitrogens with one attached hydrogen (secondary N) is 2. The van der Waals surface area contributed by atoms with E-state index in [0.29, 0.717) is 6.54 Å². The second-order valence-corrected chi connectivity index (χ2v) is 6.92. The Labute approximate surface area is 173 Å². The first-order valence-electron chi connectivity index (χ1n) is 9.10. The number of hydrogen-bond donors (Lipinski definition) is 2. The molecule has 2 aromatic carbocycles. The SMILES string of the molecule is COc1cc(C[NH+](C)Cc2nc3cc(C(F)(F)F)ccc3c(=O)[nH]2)ccc1OC(F)F. The van der Waals surface area contributed by atoms with Crippen molar-refractivity contribution in [3.8, 4) is 11.5 Å². The maximum absolute atomic E-state index is 13.0. The second kappa shape index (κ2) is 8.88. The summed E-state index contributed by atoms with van der Waals surface area (Å²) in [7, 11) is 3.11. The zero-order valence-electron chi connectivity index (χ0n) is 16.5. The van der Waals surface area contributed by atoms with Crippen LogP contribution in [-0.2, 0) is 19.3 Å². The number of fused-ring (bicyclic) bond motifs is 1. The molecule has 0 saturated heterocycles. The molecule has 3 rings (SSSR count). The van der Waals surface area contributed by atoms with Crippen LogP contribution in [0.4, 0.5) is 22.0 Å². The van der Waals surface area contributed by atoms with Crippen molar-refractivity contribution in [1.82, 2.24) is 9.97 Å². The molecule has 0 bridgehead atoms. The van der Waals surface area contributed by atoms with Crippen LogP contribution < -0.4 is 19.9 Å². The lowest BCUT2D eigenvalue weighted by atomic mass is 10.1. The Morgan fingerprint density at radius 1 is 1.10 bits per heavy atom. The van der Waals surface area contributed by atoms with Gasteiger partial charge in [-0.1, -0.05) is 0 Å². The van der Waals surface area contributed by atoms with Crippen LogP contribution in [0.25, 0.3) is 10.9 Å². The average Bonchev–Trinajstić information content (AvgIpc) is 2.67. The van der Waals surface area contributed by atoms with Gasteiger partial charge in [-0.05, 0) is 36.4 Å². The summed E-state index contributed by atoms with van der Waals surface area (Å²) in [5.74, 6) is 0.265. The van der Waals surface area contributed by atoms with Crippen molar-refractivity contribution < 1.29 is 36.3 Å². The number of H-pyrrole nitrogens is 1. The third-order valence-electron chi connectivity index (χ3n) is 4.50. The van der Waals surface area contributed by atoms with Crippen molar-refractivity contribution >= 4 is 10.9 Å². The molecule has 1 atom stereocenters. The fourth-order valence-corrected chi connectivity index (χ4v) is 3.16. The summed E-state index contributed by atoms with van der Waals surface area (Å²) in [6.45, 7) is -2.38. The van der Waals surface area contributed by atoms with E-state index in [1.54, 1.807) is 19.2 Å².